The first-order chi connectivity index (χ1) is 11.7. The Morgan fingerprint density at radius 3 is 2.29 bits per heavy atom. The molecule has 0 radical (unpaired) electrons. The van der Waals surface area contributed by atoms with Crippen LogP contribution in [0, 0.1) is 17.8 Å². The van der Waals surface area contributed by atoms with Crippen molar-refractivity contribution < 1.29 is 9.59 Å². The molecule has 0 bridgehead atoms. The van der Waals surface area contributed by atoms with Crippen molar-refractivity contribution in [3.8, 4) is 0 Å². The molecule has 2 saturated carbocycles. The second-order valence-corrected chi connectivity index (χ2v) is 7.95. The van der Waals surface area contributed by atoms with Crippen LogP contribution in [-0.4, -0.2) is 54.3 Å². The zero-order chi connectivity index (χ0) is 16.9. The van der Waals surface area contributed by atoms with E-state index in [1.54, 1.807) is 0 Å². The fourth-order valence-corrected chi connectivity index (χ4v) is 4.86. The number of amides is 2. The van der Waals surface area contributed by atoms with E-state index in [4.69, 9.17) is 5.73 Å². The summed E-state index contributed by atoms with van der Waals surface area (Å²) in [5.41, 5.74) is 5.84. The Hall–Kier alpha value is -1.10. The number of nitrogens with zero attached hydrogens (tertiary/aromatic N) is 2. The lowest BCUT2D eigenvalue weighted by atomic mass is 9.94. The highest BCUT2D eigenvalue weighted by molar-refractivity contribution is 5.80. The molecular formula is C19H33N3O2. The van der Waals surface area contributed by atoms with E-state index >= 15 is 0 Å². The van der Waals surface area contributed by atoms with E-state index in [9.17, 15) is 9.59 Å². The van der Waals surface area contributed by atoms with Crippen LogP contribution < -0.4 is 5.73 Å². The van der Waals surface area contributed by atoms with Gasteiger partial charge in [-0.1, -0.05) is 19.3 Å². The van der Waals surface area contributed by atoms with Crippen LogP contribution in [0.25, 0.3) is 0 Å². The van der Waals surface area contributed by atoms with E-state index < -0.39 is 0 Å². The van der Waals surface area contributed by atoms with Crippen LogP contribution in [0.1, 0.15) is 57.8 Å². The quantitative estimate of drug-likeness (QED) is 0.854. The molecule has 1 saturated heterocycles. The van der Waals surface area contributed by atoms with E-state index in [1.165, 1.54) is 25.7 Å². The summed E-state index contributed by atoms with van der Waals surface area (Å²) in [5.74, 6) is 1.67. The monoisotopic (exact) mass is 335 g/mol. The molecule has 5 nitrogen and oxygen atoms in total. The molecule has 2 amide bonds. The Bertz CT molecular complexity index is 448. The summed E-state index contributed by atoms with van der Waals surface area (Å²) in [4.78, 5) is 29.4. The van der Waals surface area contributed by atoms with Crippen molar-refractivity contribution in [1.29, 1.82) is 0 Å². The lowest BCUT2D eigenvalue weighted by Crippen LogP contribution is -2.41. The summed E-state index contributed by atoms with van der Waals surface area (Å²) in [6.07, 6.45) is 9.81. The molecule has 0 spiro atoms. The normalized spacial score (nSPS) is 29.0. The van der Waals surface area contributed by atoms with Crippen molar-refractivity contribution in [3.05, 3.63) is 0 Å². The van der Waals surface area contributed by atoms with Crippen LogP contribution in [0.4, 0.5) is 0 Å². The van der Waals surface area contributed by atoms with Crippen LogP contribution in [-0.2, 0) is 9.59 Å². The van der Waals surface area contributed by atoms with Gasteiger partial charge in [0, 0.05) is 38.5 Å². The van der Waals surface area contributed by atoms with Crippen LogP contribution >= 0.6 is 0 Å². The number of rotatable bonds is 4. The van der Waals surface area contributed by atoms with Crippen LogP contribution in [0.15, 0.2) is 0 Å². The fourth-order valence-electron chi connectivity index (χ4n) is 4.86. The Morgan fingerprint density at radius 1 is 0.833 bits per heavy atom. The van der Waals surface area contributed by atoms with E-state index in [0.717, 1.165) is 38.8 Å². The molecule has 136 valence electrons. The molecule has 1 aliphatic heterocycles. The van der Waals surface area contributed by atoms with Crippen LogP contribution in [0.2, 0.25) is 0 Å². The third kappa shape index (κ3) is 4.11. The summed E-state index contributed by atoms with van der Waals surface area (Å²) in [6, 6.07) is 0. The van der Waals surface area contributed by atoms with Gasteiger partial charge in [0.25, 0.3) is 0 Å². The van der Waals surface area contributed by atoms with E-state index in [-0.39, 0.29) is 11.8 Å². The SMILES string of the molecule is NC[C@H]1CCC[C@H]1C(=O)N1CCCN(C(=O)CC2CCCC2)CC1. The molecule has 2 N–H and O–H groups in total. The van der Waals surface area contributed by atoms with Gasteiger partial charge in [-0.25, -0.2) is 0 Å². The van der Waals surface area contributed by atoms with Crippen LogP contribution in [0.3, 0.4) is 0 Å². The van der Waals surface area contributed by atoms with Crippen LogP contribution in [0.5, 0.6) is 0 Å². The predicted octanol–water partition coefficient (Wildman–Crippen LogP) is 2.00. The average Bonchev–Trinajstić information content (AvgIpc) is 3.20. The third-order valence-electron chi connectivity index (χ3n) is 6.38. The van der Waals surface area contributed by atoms with Crippen molar-refractivity contribution in [2.75, 3.05) is 32.7 Å². The molecule has 0 aromatic rings. The number of carbonyl (C=O) groups is 2. The van der Waals surface area contributed by atoms with Crippen molar-refractivity contribution >= 4 is 11.8 Å². The Kier molecular flexibility index (Phi) is 6.14. The molecule has 0 aromatic carbocycles. The first-order valence-electron chi connectivity index (χ1n) is 9.95. The lowest BCUT2D eigenvalue weighted by Gasteiger charge is -2.27. The third-order valence-corrected chi connectivity index (χ3v) is 6.38. The molecule has 3 rings (SSSR count). The van der Waals surface area contributed by atoms with Gasteiger partial charge >= 0.3 is 0 Å². The Balaban J connectivity index is 1.50. The summed E-state index contributed by atoms with van der Waals surface area (Å²) in [5, 5.41) is 0. The van der Waals surface area contributed by atoms with E-state index in [1.807, 2.05) is 9.80 Å². The maximum atomic E-state index is 12.8. The predicted molar refractivity (Wildman–Crippen MR) is 94.2 cm³/mol. The second kappa shape index (κ2) is 8.32. The topological polar surface area (TPSA) is 66.6 Å². The minimum atomic E-state index is 0.121. The number of hydrogen-bond acceptors (Lipinski definition) is 3. The first kappa shape index (κ1) is 17.7. The molecule has 0 unspecified atom stereocenters. The largest absolute Gasteiger partial charge is 0.341 e. The molecule has 3 aliphatic rings. The minimum Gasteiger partial charge on any atom is -0.341 e. The Labute approximate surface area is 145 Å². The van der Waals surface area contributed by atoms with Gasteiger partial charge in [-0.05, 0) is 50.5 Å². The van der Waals surface area contributed by atoms with E-state index in [0.29, 0.717) is 43.8 Å². The molecular weight excluding hydrogens is 302 g/mol. The molecule has 3 fully saturated rings. The second-order valence-electron chi connectivity index (χ2n) is 7.95. The standard InChI is InChI=1S/C19H33N3O2/c20-14-16-7-3-8-17(16)19(24)22-10-4-9-21(11-12-22)18(23)13-15-5-1-2-6-15/h15-17H,1-14,20H2/t16-,17-/m1/s1. The van der Waals surface area contributed by atoms with Gasteiger partial charge in [0.1, 0.15) is 0 Å². The zero-order valence-corrected chi connectivity index (χ0v) is 14.9. The highest BCUT2D eigenvalue weighted by atomic mass is 16.2. The van der Waals surface area contributed by atoms with Gasteiger partial charge < -0.3 is 15.5 Å². The highest BCUT2D eigenvalue weighted by Gasteiger charge is 2.35. The molecule has 24 heavy (non-hydrogen) atoms. The number of carbonyl (C=O) groups excluding carboxylic acids is 2. The summed E-state index contributed by atoms with van der Waals surface area (Å²) >= 11 is 0. The number of nitrogens with two attached hydrogens (primary N) is 1. The maximum absolute atomic E-state index is 12.8. The summed E-state index contributed by atoms with van der Waals surface area (Å²) in [7, 11) is 0. The van der Waals surface area contributed by atoms with Crippen molar-refractivity contribution in [1.82, 2.24) is 9.80 Å². The van der Waals surface area contributed by atoms with Gasteiger partial charge in [-0.3, -0.25) is 9.59 Å². The van der Waals surface area contributed by atoms with Gasteiger partial charge in [-0.2, -0.15) is 0 Å². The van der Waals surface area contributed by atoms with Gasteiger partial charge in [0.2, 0.25) is 11.8 Å². The molecule has 5 heteroatoms. The molecule has 0 aromatic heterocycles. The molecule has 1 heterocycles. The highest BCUT2D eigenvalue weighted by Crippen LogP contribution is 2.33. The van der Waals surface area contributed by atoms with Crippen molar-refractivity contribution in [2.24, 2.45) is 23.5 Å². The average molecular weight is 335 g/mol. The van der Waals surface area contributed by atoms with Crippen molar-refractivity contribution in [2.45, 2.75) is 57.8 Å². The summed E-state index contributed by atoms with van der Waals surface area (Å²) < 4.78 is 0. The van der Waals surface area contributed by atoms with Crippen molar-refractivity contribution in [3.63, 3.8) is 0 Å². The first-order valence-corrected chi connectivity index (χ1v) is 9.95. The molecule has 2 atom stereocenters. The lowest BCUT2D eigenvalue weighted by molar-refractivity contribution is -0.137. The fraction of sp³-hybridized carbons (Fsp3) is 0.895. The van der Waals surface area contributed by atoms with Gasteiger partial charge in [0.15, 0.2) is 0 Å². The minimum absolute atomic E-state index is 0.121. The zero-order valence-electron chi connectivity index (χ0n) is 14.9. The Morgan fingerprint density at radius 2 is 1.54 bits per heavy atom. The maximum Gasteiger partial charge on any atom is 0.226 e. The number of hydrogen-bond donors (Lipinski definition) is 1. The van der Waals surface area contributed by atoms with Gasteiger partial charge in [0.05, 0.1) is 0 Å². The summed E-state index contributed by atoms with van der Waals surface area (Å²) in [6.45, 7) is 3.62. The smallest absolute Gasteiger partial charge is 0.226 e. The van der Waals surface area contributed by atoms with Gasteiger partial charge in [-0.15, -0.1) is 0 Å². The van der Waals surface area contributed by atoms with E-state index in [2.05, 4.69) is 0 Å². The molecule has 2 aliphatic carbocycles.